The first-order valence-corrected chi connectivity index (χ1v) is 13.9. The molecule has 2 saturated carbocycles. The van der Waals surface area contributed by atoms with Crippen molar-refractivity contribution in [1.29, 1.82) is 0 Å². The van der Waals surface area contributed by atoms with Crippen LogP contribution < -0.4 is 5.32 Å². The van der Waals surface area contributed by atoms with Crippen molar-refractivity contribution in [2.45, 2.75) is 78.4 Å². The van der Waals surface area contributed by atoms with Gasteiger partial charge in [0.05, 0.1) is 10.6 Å². The molecule has 0 spiro atoms. The molecule has 0 amide bonds. The van der Waals surface area contributed by atoms with Crippen molar-refractivity contribution in [3.63, 3.8) is 0 Å². The molecule has 0 bridgehead atoms. The SMILES string of the molecule is CC(=O)O[C@H]1CC[C@H]2[C@@H]3CC=C4c5sc(NCc6ccccc6)nc5CC[C@]4(C)[C@H]3CC[C@]12C. The Bertz CT molecular complexity index is 1120. The summed E-state index contributed by atoms with van der Waals surface area (Å²) in [6, 6.07) is 10.6. The first kappa shape index (κ1) is 22.3. The number of aryl methyl sites for hydroxylation is 1. The van der Waals surface area contributed by atoms with Crippen LogP contribution in [0.1, 0.15) is 75.4 Å². The Hall–Kier alpha value is -2.14. The van der Waals surface area contributed by atoms with Crippen molar-refractivity contribution in [3.05, 3.63) is 52.5 Å². The molecule has 6 atom stereocenters. The molecule has 1 aromatic heterocycles. The highest BCUT2D eigenvalue weighted by atomic mass is 32.1. The van der Waals surface area contributed by atoms with E-state index < -0.39 is 0 Å². The molecule has 0 aliphatic heterocycles. The largest absolute Gasteiger partial charge is 0.462 e. The van der Waals surface area contributed by atoms with Crippen molar-refractivity contribution in [2.75, 3.05) is 5.32 Å². The monoisotopic (exact) mass is 476 g/mol. The molecule has 4 aliphatic rings. The smallest absolute Gasteiger partial charge is 0.302 e. The molecule has 180 valence electrons. The van der Waals surface area contributed by atoms with Gasteiger partial charge in [-0.1, -0.05) is 61.6 Å². The molecule has 0 unspecified atom stereocenters. The van der Waals surface area contributed by atoms with Crippen LogP contribution in [-0.2, 0) is 22.5 Å². The number of thiazole rings is 1. The Kier molecular flexibility index (Phi) is 5.40. The highest BCUT2D eigenvalue weighted by Gasteiger charge is 2.59. The summed E-state index contributed by atoms with van der Waals surface area (Å²) < 4.78 is 5.83. The zero-order valence-corrected chi connectivity index (χ0v) is 21.4. The molecule has 6 rings (SSSR count). The van der Waals surface area contributed by atoms with Crippen LogP contribution in [0.25, 0.3) is 5.57 Å². The number of hydrogen-bond donors (Lipinski definition) is 1. The van der Waals surface area contributed by atoms with Crippen LogP contribution in [0.2, 0.25) is 0 Å². The van der Waals surface area contributed by atoms with Crippen LogP contribution in [0.4, 0.5) is 5.13 Å². The van der Waals surface area contributed by atoms with Gasteiger partial charge in [-0.3, -0.25) is 4.79 Å². The molecule has 1 aromatic carbocycles. The quantitative estimate of drug-likeness (QED) is 0.489. The highest BCUT2D eigenvalue weighted by Crippen LogP contribution is 2.66. The predicted octanol–water partition coefficient (Wildman–Crippen LogP) is 6.87. The number of carbonyl (C=O) groups excluding carboxylic acids is 1. The van der Waals surface area contributed by atoms with Gasteiger partial charge in [0.15, 0.2) is 5.13 Å². The standard InChI is InChI=1S/C29H36N2O2S/c1-18(32)33-25-12-11-21-20-9-10-23-26-24(14-16-28(23,2)22(20)13-15-29(21,25)3)31-27(34-26)30-17-19-7-5-4-6-8-19/h4-8,10,20-22,25H,9,11-17H2,1-3H3,(H,30,31)/t20-,21-,22-,25-,28+,29-/m0/s1. The molecule has 0 saturated heterocycles. The van der Waals surface area contributed by atoms with E-state index in [4.69, 9.17) is 9.72 Å². The molecule has 5 heteroatoms. The Morgan fingerprint density at radius 1 is 1.15 bits per heavy atom. The van der Waals surface area contributed by atoms with Gasteiger partial charge in [-0.15, -0.1) is 0 Å². The number of fused-ring (bicyclic) bond motifs is 7. The fourth-order valence-corrected chi connectivity index (χ4v) is 9.26. The predicted molar refractivity (Wildman–Crippen MR) is 138 cm³/mol. The number of aromatic nitrogens is 1. The number of nitrogens with zero attached hydrogens (tertiary/aromatic N) is 1. The number of hydrogen-bond acceptors (Lipinski definition) is 5. The van der Waals surface area contributed by atoms with Gasteiger partial charge in [-0.25, -0.2) is 4.98 Å². The van der Waals surface area contributed by atoms with Gasteiger partial charge in [0, 0.05) is 18.9 Å². The molecular formula is C29H36N2O2S. The number of esters is 1. The van der Waals surface area contributed by atoms with Gasteiger partial charge < -0.3 is 10.1 Å². The lowest BCUT2D eigenvalue weighted by Gasteiger charge is -2.56. The van der Waals surface area contributed by atoms with Crippen LogP contribution in [0, 0.1) is 28.6 Å². The van der Waals surface area contributed by atoms with Crippen molar-refractivity contribution in [3.8, 4) is 0 Å². The van der Waals surface area contributed by atoms with Gasteiger partial charge in [0.1, 0.15) is 6.10 Å². The fraction of sp³-hybridized carbons (Fsp3) is 0.586. The zero-order valence-electron chi connectivity index (χ0n) is 20.6. The number of rotatable bonds is 4. The van der Waals surface area contributed by atoms with E-state index in [9.17, 15) is 4.79 Å². The lowest BCUT2D eigenvalue weighted by atomic mass is 9.48. The zero-order chi connectivity index (χ0) is 23.5. The van der Waals surface area contributed by atoms with E-state index >= 15 is 0 Å². The summed E-state index contributed by atoms with van der Waals surface area (Å²) >= 11 is 1.86. The van der Waals surface area contributed by atoms with E-state index in [1.165, 1.54) is 41.8 Å². The molecule has 4 nitrogen and oxygen atoms in total. The van der Waals surface area contributed by atoms with E-state index in [-0.39, 0.29) is 22.9 Å². The summed E-state index contributed by atoms with van der Waals surface area (Å²) in [5.74, 6) is 1.97. The third-order valence-electron chi connectivity index (χ3n) is 9.80. The molecule has 1 N–H and O–H groups in total. The second kappa shape index (κ2) is 8.22. The second-order valence-corrected chi connectivity index (χ2v) is 12.5. The third kappa shape index (κ3) is 3.45. The lowest BCUT2D eigenvalue weighted by molar-refractivity contribution is -0.156. The van der Waals surface area contributed by atoms with E-state index in [2.05, 4.69) is 55.6 Å². The molecule has 2 aromatic rings. The van der Waals surface area contributed by atoms with Crippen LogP contribution in [0.3, 0.4) is 0 Å². The summed E-state index contributed by atoms with van der Waals surface area (Å²) in [5, 5.41) is 4.63. The van der Waals surface area contributed by atoms with Gasteiger partial charge in [-0.05, 0) is 79.3 Å². The molecule has 2 fully saturated rings. The molecule has 4 aliphatic carbocycles. The first-order chi connectivity index (χ1) is 16.4. The lowest BCUT2D eigenvalue weighted by Crippen LogP contribution is -2.50. The third-order valence-corrected chi connectivity index (χ3v) is 10.9. The summed E-state index contributed by atoms with van der Waals surface area (Å²) in [6.07, 6.45) is 10.8. The number of allylic oxidation sites excluding steroid dienone is 2. The summed E-state index contributed by atoms with van der Waals surface area (Å²) in [4.78, 5) is 18.2. The number of carbonyl (C=O) groups is 1. The summed E-state index contributed by atoms with van der Waals surface area (Å²) in [5.41, 5.74) is 4.53. The minimum atomic E-state index is -0.117. The Labute approximate surface area is 207 Å². The first-order valence-electron chi connectivity index (χ1n) is 13.0. The maximum Gasteiger partial charge on any atom is 0.302 e. The van der Waals surface area contributed by atoms with Crippen molar-refractivity contribution in [1.82, 2.24) is 4.98 Å². The Morgan fingerprint density at radius 3 is 2.76 bits per heavy atom. The number of ether oxygens (including phenoxy) is 1. The van der Waals surface area contributed by atoms with Crippen LogP contribution in [0.5, 0.6) is 0 Å². The van der Waals surface area contributed by atoms with Crippen LogP contribution in [-0.4, -0.2) is 17.1 Å². The average Bonchev–Trinajstić information content (AvgIpc) is 3.38. The van der Waals surface area contributed by atoms with Crippen molar-refractivity contribution >= 4 is 28.0 Å². The van der Waals surface area contributed by atoms with Crippen LogP contribution >= 0.6 is 11.3 Å². The maximum absolute atomic E-state index is 11.7. The van der Waals surface area contributed by atoms with Crippen LogP contribution in [0.15, 0.2) is 36.4 Å². The minimum absolute atomic E-state index is 0.104. The van der Waals surface area contributed by atoms with Gasteiger partial charge in [-0.2, -0.15) is 0 Å². The Morgan fingerprint density at radius 2 is 1.97 bits per heavy atom. The fourth-order valence-electron chi connectivity index (χ4n) is 8.07. The van der Waals surface area contributed by atoms with E-state index in [0.717, 1.165) is 36.9 Å². The van der Waals surface area contributed by atoms with Crippen molar-refractivity contribution < 1.29 is 9.53 Å². The molecule has 34 heavy (non-hydrogen) atoms. The van der Waals surface area contributed by atoms with Gasteiger partial charge in [0.25, 0.3) is 0 Å². The molecule has 0 radical (unpaired) electrons. The van der Waals surface area contributed by atoms with Gasteiger partial charge in [0.2, 0.25) is 0 Å². The topological polar surface area (TPSA) is 51.2 Å². The normalized spacial score (nSPS) is 35.9. The number of benzene rings is 1. The maximum atomic E-state index is 11.7. The number of nitrogens with one attached hydrogen (secondary N) is 1. The van der Waals surface area contributed by atoms with E-state index in [1.54, 1.807) is 12.5 Å². The average molecular weight is 477 g/mol. The van der Waals surface area contributed by atoms with E-state index in [0.29, 0.717) is 11.8 Å². The summed E-state index contributed by atoms with van der Waals surface area (Å²) in [6.45, 7) is 7.33. The highest BCUT2D eigenvalue weighted by molar-refractivity contribution is 7.16. The second-order valence-electron chi connectivity index (χ2n) is 11.5. The summed E-state index contributed by atoms with van der Waals surface area (Å²) in [7, 11) is 0. The van der Waals surface area contributed by atoms with Crippen molar-refractivity contribution in [2.24, 2.45) is 28.6 Å². The van der Waals surface area contributed by atoms with Gasteiger partial charge >= 0.3 is 5.97 Å². The Balaban J connectivity index is 1.25. The molecule has 1 heterocycles. The molecular weight excluding hydrogens is 440 g/mol. The van der Waals surface area contributed by atoms with E-state index in [1.807, 2.05) is 11.3 Å². The number of anilines is 1. The minimum Gasteiger partial charge on any atom is -0.462 e.